The fraction of sp³-hybridized carbons (Fsp3) is 0.700. The molecule has 78 valence electrons. The third-order valence-corrected chi connectivity index (χ3v) is 4.24. The minimum atomic E-state index is 0.289. The average Bonchev–Trinajstić information content (AvgIpc) is 2.70. The lowest BCUT2D eigenvalue weighted by atomic mass is 9.94. The van der Waals surface area contributed by atoms with Crippen molar-refractivity contribution in [2.45, 2.75) is 37.1 Å². The standard InChI is InChI=1S/C10H15ClN2S/c1-13(10-12-6-7-14-10)9-5-3-2-4-8(9)11/h6-9H,2-5H2,1H3. The lowest BCUT2D eigenvalue weighted by molar-refractivity contribution is 0.434. The van der Waals surface area contributed by atoms with E-state index < -0.39 is 0 Å². The third-order valence-electron chi connectivity index (χ3n) is 2.87. The lowest BCUT2D eigenvalue weighted by Gasteiger charge is -2.34. The number of rotatable bonds is 2. The van der Waals surface area contributed by atoms with Crippen molar-refractivity contribution < 1.29 is 0 Å². The summed E-state index contributed by atoms with van der Waals surface area (Å²) in [5.41, 5.74) is 0. The van der Waals surface area contributed by atoms with E-state index in [0.29, 0.717) is 6.04 Å². The van der Waals surface area contributed by atoms with E-state index in [-0.39, 0.29) is 5.38 Å². The minimum Gasteiger partial charge on any atom is -0.347 e. The molecule has 2 rings (SSSR count). The van der Waals surface area contributed by atoms with Crippen molar-refractivity contribution in [3.8, 4) is 0 Å². The molecule has 4 heteroatoms. The lowest BCUT2D eigenvalue weighted by Crippen LogP contribution is -2.40. The minimum absolute atomic E-state index is 0.289. The second-order valence-corrected chi connectivity index (χ2v) is 5.23. The molecule has 1 aromatic heterocycles. The number of halogens is 1. The van der Waals surface area contributed by atoms with E-state index in [2.05, 4.69) is 16.9 Å². The van der Waals surface area contributed by atoms with E-state index >= 15 is 0 Å². The molecule has 0 saturated heterocycles. The quantitative estimate of drug-likeness (QED) is 0.726. The van der Waals surface area contributed by atoms with Gasteiger partial charge in [0.25, 0.3) is 0 Å². The van der Waals surface area contributed by atoms with Crippen molar-refractivity contribution in [2.75, 3.05) is 11.9 Å². The molecule has 0 radical (unpaired) electrons. The fourth-order valence-electron chi connectivity index (χ4n) is 2.03. The van der Waals surface area contributed by atoms with Gasteiger partial charge in [-0.1, -0.05) is 12.8 Å². The van der Waals surface area contributed by atoms with Crippen LogP contribution in [0.5, 0.6) is 0 Å². The van der Waals surface area contributed by atoms with Gasteiger partial charge in [-0.05, 0) is 12.8 Å². The molecule has 0 bridgehead atoms. The molecule has 1 fully saturated rings. The highest BCUT2D eigenvalue weighted by Crippen LogP contribution is 2.30. The summed E-state index contributed by atoms with van der Waals surface area (Å²) in [6.45, 7) is 0. The molecule has 14 heavy (non-hydrogen) atoms. The van der Waals surface area contributed by atoms with Crippen LogP contribution in [0.2, 0.25) is 0 Å². The molecule has 2 atom stereocenters. The predicted molar refractivity (Wildman–Crippen MR) is 62.4 cm³/mol. The van der Waals surface area contributed by atoms with Gasteiger partial charge in [-0.3, -0.25) is 0 Å². The first-order valence-corrected chi connectivity index (χ1v) is 6.37. The van der Waals surface area contributed by atoms with E-state index in [9.17, 15) is 0 Å². The van der Waals surface area contributed by atoms with Crippen LogP contribution in [0.15, 0.2) is 11.6 Å². The Morgan fingerprint density at radius 3 is 2.93 bits per heavy atom. The van der Waals surface area contributed by atoms with E-state index in [1.165, 1.54) is 19.3 Å². The number of aromatic nitrogens is 1. The molecule has 1 aromatic rings. The molecule has 1 heterocycles. The Morgan fingerprint density at radius 2 is 2.29 bits per heavy atom. The molecular formula is C10H15ClN2S. The largest absolute Gasteiger partial charge is 0.347 e. The summed E-state index contributed by atoms with van der Waals surface area (Å²) < 4.78 is 0. The molecule has 0 aromatic carbocycles. The topological polar surface area (TPSA) is 16.1 Å². The van der Waals surface area contributed by atoms with Crippen LogP contribution in [0.25, 0.3) is 0 Å². The number of alkyl halides is 1. The average molecular weight is 231 g/mol. The molecule has 0 aliphatic heterocycles. The molecule has 2 unspecified atom stereocenters. The highest BCUT2D eigenvalue weighted by molar-refractivity contribution is 7.13. The first kappa shape index (κ1) is 10.2. The maximum absolute atomic E-state index is 6.33. The predicted octanol–water partition coefficient (Wildman–Crippen LogP) is 3.13. The fourth-order valence-corrected chi connectivity index (χ4v) is 3.15. The van der Waals surface area contributed by atoms with E-state index in [4.69, 9.17) is 11.6 Å². The molecule has 0 amide bonds. The second kappa shape index (κ2) is 4.49. The van der Waals surface area contributed by atoms with Crippen LogP contribution in [-0.4, -0.2) is 23.5 Å². The molecule has 1 aliphatic carbocycles. The van der Waals surface area contributed by atoms with Gasteiger partial charge in [0, 0.05) is 24.7 Å². The first-order valence-electron chi connectivity index (χ1n) is 5.05. The molecule has 0 N–H and O–H groups in total. The van der Waals surface area contributed by atoms with Crippen LogP contribution in [0, 0.1) is 0 Å². The number of hydrogen-bond donors (Lipinski definition) is 0. The van der Waals surface area contributed by atoms with E-state index in [1.54, 1.807) is 11.3 Å². The summed E-state index contributed by atoms with van der Waals surface area (Å²) in [5, 5.41) is 3.39. The smallest absolute Gasteiger partial charge is 0.185 e. The Balaban J connectivity index is 2.06. The van der Waals surface area contributed by atoms with Gasteiger partial charge in [-0.15, -0.1) is 22.9 Å². The first-order chi connectivity index (χ1) is 6.79. The zero-order valence-corrected chi connectivity index (χ0v) is 9.89. The summed E-state index contributed by atoms with van der Waals surface area (Å²) >= 11 is 8.01. The summed E-state index contributed by atoms with van der Waals surface area (Å²) in [6, 6.07) is 0.469. The summed E-state index contributed by atoms with van der Waals surface area (Å²) in [4.78, 5) is 6.55. The van der Waals surface area contributed by atoms with Gasteiger partial charge in [0.05, 0.1) is 5.38 Å². The maximum atomic E-state index is 6.33. The summed E-state index contributed by atoms with van der Waals surface area (Å²) in [5.74, 6) is 0. The number of anilines is 1. The van der Waals surface area contributed by atoms with Gasteiger partial charge in [0.2, 0.25) is 0 Å². The highest BCUT2D eigenvalue weighted by Gasteiger charge is 2.27. The normalized spacial score (nSPS) is 27.6. The van der Waals surface area contributed by atoms with Crippen LogP contribution >= 0.6 is 22.9 Å². The van der Waals surface area contributed by atoms with Crippen molar-refractivity contribution >= 4 is 28.1 Å². The Kier molecular flexibility index (Phi) is 3.29. The van der Waals surface area contributed by atoms with Crippen molar-refractivity contribution in [3.63, 3.8) is 0 Å². The molecule has 1 saturated carbocycles. The van der Waals surface area contributed by atoms with E-state index in [1.807, 2.05) is 11.6 Å². The molecule has 2 nitrogen and oxygen atoms in total. The Bertz CT molecular complexity index is 276. The van der Waals surface area contributed by atoms with Crippen LogP contribution < -0.4 is 4.90 Å². The molecule has 0 spiro atoms. The van der Waals surface area contributed by atoms with Gasteiger partial charge in [-0.25, -0.2) is 4.98 Å². The number of thiazole rings is 1. The summed E-state index contributed by atoms with van der Waals surface area (Å²) in [6.07, 6.45) is 6.76. The Morgan fingerprint density at radius 1 is 1.50 bits per heavy atom. The highest BCUT2D eigenvalue weighted by atomic mass is 35.5. The zero-order valence-electron chi connectivity index (χ0n) is 8.32. The number of nitrogens with zero attached hydrogens (tertiary/aromatic N) is 2. The van der Waals surface area contributed by atoms with Crippen molar-refractivity contribution in [3.05, 3.63) is 11.6 Å². The molecule has 1 aliphatic rings. The number of hydrogen-bond acceptors (Lipinski definition) is 3. The second-order valence-electron chi connectivity index (χ2n) is 3.79. The van der Waals surface area contributed by atoms with E-state index in [0.717, 1.165) is 11.6 Å². The summed E-state index contributed by atoms with van der Waals surface area (Å²) in [7, 11) is 2.10. The van der Waals surface area contributed by atoms with Gasteiger partial charge in [0.15, 0.2) is 5.13 Å². The maximum Gasteiger partial charge on any atom is 0.185 e. The van der Waals surface area contributed by atoms with Crippen LogP contribution in [0.3, 0.4) is 0 Å². The van der Waals surface area contributed by atoms with Gasteiger partial charge in [0.1, 0.15) is 0 Å². The van der Waals surface area contributed by atoms with Crippen molar-refractivity contribution in [1.82, 2.24) is 4.98 Å². The Labute approximate surface area is 93.9 Å². The third kappa shape index (κ3) is 2.04. The van der Waals surface area contributed by atoms with Crippen LogP contribution in [0.1, 0.15) is 25.7 Å². The van der Waals surface area contributed by atoms with Gasteiger partial charge in [-0.2, -0.15) is 0 Å². The van der Waals surface area contributed by atoms with Gasteiger partial charge >= 0.3 is 0 Å². The SMILES string of the molecule is CN(c1nccs1)C1CCCCC1Cl. The van der Waals surface area contributed by atoms with Crippen LogP contribution in [0.4, 0.5) is 5.13 Å². The monoisotopic (exact) mass is 230 g/mol. The Hall–Kier alpha value is -0.280. The van der Waals surface area contributed by atoms with Crippen molar-refractivity contribution in [2.24, 2.45) is 0 Å². The van der Waals surface area contributed by atoms with Crippen LogP contribution in [-0.2, 0) is 0 Å². The van der Waals surface area contributed by atoms with Crippen molar-refractivity contribution in [1.29, 1.82) is 0 Å². The van der Waals surface area contributed by atoms with Gasteiger partial charge < -0.3 is 4.90 Å². The zero-order chi connectivity index (χ0) is 9.97. The molecular weight excluding hydrogens is 216 g/mol.